The normalized spacial score (nSPS) is 15.6. The van der Waals surface area contributed by atoms with Gasteiger partial charge in [-0.05, 0) is 35.7 Å². The third-order valence-corrected chi connectivity index (χ3v) is 7.83. The van der Waals surface area contributed by atoms with Gasteiger partial charge in [0, 0.05) is 30.2 Å². The summed E-state index contributed by atoms with van der Waals surface area (Å²) in [5.41, 5.74) is 5.38. The van der Waals surface area contributed by atoms with Gasteiger partial charge in [-0.15, -0.1) is 11.8 Å². The van der Waals surface area contributed by atoms with Crippen LogP contribution in [0.15, 0.2) is 78.9 Å². The molecule has 1 unspecified atom stereocenters. The van der Waals surface area contributed by atoms with Gasteiger partial charge in [0.15, 0.2) is 0 Å². The van der Waals surface area contributed by atoms with E-state index in [1.165, 1.54) is 11.1 Å². The maximum Gasteiger partial charge on any atom is 0.251 e. The molecule has 2 amide bonds. The van der Waals surface area contributed by atoms with Gasteiger partial charge in [0.2, 0.25) is 5.91 Å². The van der Waals surface area contributed by atoms with E-state index in [2.05, 4.69) is 36.5 Å². The zero-order valence-corrected chi connectivity index (χ0v) is 20.3. The molecule has 0 spiro atoms. The molecule has 170 valence electrons. The first-order valence-electron chi connectivity index (χ1n) is 11.1. The van der Waals surface area contributed by atoms with Crippen LogP contribution in [0.25, 0.3) is 0 Å². The Morgan fingerprint density at radius 3 is 2.45 bits per heavy atom. The highest BCUT2D eigenvalue weighted by atomic mass is 32.2. The molecule has 1 heterocycles. The molecule has 0 aliphatic carbocycles. The van der Waals surface area contributed by atoms with E-state index in [0.717, 1.165) is 22.6 Å². The van der Waals surface area contributed by atoms with Crippen LogP contribution in [0, 0.1) is 6.92 Å². The molecule has 4 rings (SSSR count). The molecule has 0 aromatic heterocycles. The lowest BCUT2D eigenvalue weighted by Gasteiger charge is -2.24. The first-order chi connectivity index (χ1) is 16.1. The Labute approximate surface area is 204 Å². The smallest absolute Gasteiger partial charge is 0.251 e. The van der Waals surface area contributed by atoms with E-state index >= 15 is 0 Å². The molecular formula is C27H28N2O2S2. The van der Waals surface area contributed by atoms with Crippen LogP contribution >= 0.6 is 23.5 Å². The molecule has 0 radical (unpaired) electrons. The van der Waals surface area contributed by atoms with E-state index in [1.54, 1.807) is 11.8 Å². The minimum Gasteiger partial charge on any atom is -0.351 e. The minimum absolute atomic E-state index is 0.0204. The lowest BCUT2D eigenvalue weighted by Crippen LogP contribution is -2.28. The summed E-state index contributed by atoms with van der Waals surface area (Å²) in [6, 6.07) is 26.3. The van der Waals surface area contributed by atoms with E-state index in [-0.39, 0.29) is 17.2 Å². The molecule has 4 nitrogen and oxygen atoms in total. The van der Waals surface area contributed by atoms with Crippen molar-refractivity contribution in [2.24, 2.45) is 0 Å². The van der Waals surface area contributed by atoms with Gasteiger partial charge in [-0.1, -0.05) is 72.3 Å². The molecule has 0 bridgehead atoms. The van der Waals surface area contributed by atoms with Crippen molar-refractivity contribution in [1.82, 2.24) is 10.2 Å². The molecule has 3 aromatic rings. The van der Waals surface area contributed by atoms with Crippen LogP contribution in [0.2, 0.25) is 0 Å². The first kappa shape index (κ1) is 23.5. The van der Waals surface area contributed by atoms with E-state index in [9.17, 15) is 9.59 Å². The highest BCUT2D eigenvalue weighted by molar-refractivity contribution is 8.00. The van der Waals surface area contributed by atoms with Crippen LogP contribution in [0.3, 0.4) is 0 Å². The third-order valence-electron chi connectivity index (χ3n) is 5.54. The number of carbonyl (C=O) groups is 2. The number of thioether (sulfide) groups is 2. The van der Waals surface area contributed by atoms with Crippen LogP contribution in [-0.4, -0.2) is 34.8 Å². The van der Waals surface area contributed by atoms with E-state index in [1.807, 2.05) is 71.3 Å². The van der Waals surface area contributed by atoms with Crippen LogP contribution < -0.4 is 5.32 Å². The topological polar surface area (TPSA) is 49.4 Å². The van der Waals surface area contributed by atoms with Crippen LogP contribution in [0.1, 0.15) is 38.0 Å². The standard InChI is InChI=1S/C27H28N2O2S2/c1-20-7-9-22(10-8-20)18-32-16-15-28-26(31)23-11-13-24(14-12-23)27-29(25(30)19-33-27)17-21-5-3-2-4-6-21/h2-14,27H,15-19H2,1H3,(H,28,31). The number of hydrogen-bond acceptors (Lipinski definition) is 4. The van der Waals surface area contributed by atoms with Gasteiger partial charge >= 0.3 is 0 Å². The lowest BCUT2D eigenvalue weighted by atomic mass is 10.1. The minimum atomic E-state index is -0.0613. The number of benzene rings is 3. The molecule has 1 fully saturated rings. The maximum absolute atomic E-state index is 12.5. The lowest BCUT2D eigenvalue weighted by molar-refractivity contribution is -0.128. The average Bonchev–Trinajstić information content (AvgIpc) is 3.20. The fourth-order valence-corrected chi connectivity index (χ4v) is 5.70. The van der Waals surface area contributed by atoms with E-state index in [4.69, 9.17) is 0 Å². The SMILES string of the molecule is Cc1ccc(CSCCNC(=O)c2ccc(C3SCC(=O)N3Cc3ccccc3)cc2)cc1. The second kappa shape index (κ2) is 11.4. The summed E-state index contributed by atoms with van der Waals surface area (Å²) < 4.78 is 0. The van der Waals surface area contributed by atoms with Gasteiger partial charge in [0.25, 0.3) is 5.91 Å². The molecule has 6 heteroatoms. The van der Waals surface area contributed by atoms with Gasteiger partial charge in [0.1, 0.15) is 5.37 Å². The quantitative estimate of drug-likeness (QED) is 0.418. The molecule has 1 saturated heterocycles. The van der Waals surface area contributed by atoms with E-state index in [0.29, 0.717) is 24.4 Å². The van der Waals surface area contributed by atoms with E-state index < -0.39 is 0 Å². The van der Waals surface area contributed by atoms with Gasteiger partial charge in [-0.25, -0.2) is 0 Å². The molecule has 1 N–H and O–H groups in total. The summed E-state index contributed by atoms with van der Waals surface area (Å²) in [6.45, 7) is 3.32. The van der Waals surface area contributed by atoms with Gasteiger partial charge in [0.05, 0.1) is 5.75 Å². The zero-order chi connectivity index (χ0) is 23.0. The van der Waals surface area contributed by atoms with Crippen molar-refractivity contribution in [1.29, 1.82) is 0 Å². The molecular weight excluding hydrogens is 448 g/mol. The zero-order valence-electron chi connectivity index (χ0n) is 18.7. The number of amides is 2. The molecule has 33 heavy (non-hydrogen) atoms. The number of nitrogens with one attached hydrogen (secondary N) is 1. The van der Waals surface area contributed by atoms with Gasteiger partial charge < -0.3 is 10.2 Å². The number of nitrogens with zero attached hydrogens (tertiary/aromatic N) is 1. The Balaban J connectivity index is 1.26. The highest BCUT2D eigenvalue weighted by Crippen LogP contribution is 2.39. The Morgan fingerprint density at radius 2 is 1.73 bits per heavy atom. The van der Waals surface area contributed by atoms with Crippen molar-refractivity contribution in [3.63, 3.8) is 0 Å². The highest BCUT2D eigenvalue weighted by Gasteiger charge is 2.32. The number of aryl methyl sites for hydroxylation is 1. The van der Waals surface area contributed by atoms with Crippen molar-refractivity contribution in [2.45, 2.75) is 24.6 Å². The second-order valence-corrected chi connectivity index (χ2v) is 10.3. The summed E-state index contributed by atoms with van der Waals surface area (Å²) in [6.07, 6.45) is 0. The van der Waals surface area contributed by atoms with Crippen molar-refractivity contribution < 1.29 is 9.59 Å². The molecule has 1 atom stereocenters. The van der Waals surface area contributed by atoms with Gasteiger partial charge in [-0.2, -0.15) is 11.8 Å². The largest absolute Gasteiger partial charge is 0.351 e. The number of carbonyl (C=O) groups excluding carboxylic acids is 2. The van der Waals surface area contributed by atoms with Crippen molar-refractivity contribution >= 4 is 35.3 Å². The summed E-state index contributed by atoms with van der Waals surface area (Å²) >= 11 is 3.45. The summed E-state index contributed by atoms with van der Waals surface area (Å²) in [5, 5.41) is 2.98. The number of rotatable bonds is 9. The Kier molecular flexibility index (Phi) is 8.13. The third kappa shape index (κ3) is 6.42. The first-order valence-corrected chi connectivity index (χ1v) is 13.3. The fourth-order valence-electron chi connectivity index (χ4n) is 3.69. The van der Waals surface area contributed by atoms with Crippen LogP contribution in [0.5, 0.6) is 0 Å². The summed E-state index contributed by atoms with van der Waals surface area (Å²) in [4.78, 5) is 26.9. The summed E-state index contributed by atoms with van der Waals surface area (Å²) in [5.74, 6) is 2.39. The van der Waals surface area contributed by atoms with Gasteiger partial charge in [-0.3, -0.25) is 9.59 Å². The maximum atomic E-state index is 12.5. The molecule has 3 aromatic carbocycles. The van der Waals surface area contributed by atoms with Crippen molar-refractivity contribution in [3.8, 4) is 0 Å². The molecule has 1 aliphatic heterocycles. The molecule has 0 saturated carbocycles. The van der Waals surface area contributed by atoms with Crippen molar-refractivity contribution in [3.05, 3.63) is 107 Å². The van der Waals surface area contributed by atoms with Crippen LogP contribution in [-0.2, 0) is 17.1 Å². The Morgan fingerprint density at radius 1 is 1.00 bits per heavy atom. The Hall–Kier alpha value is -2.70. The molecule has 1 aliphatic rings. The van der Waals surface area contributed by atoms with Crippen LogP contribution in [0.4, 0.5) is 0 Å². The predicted octanol–water partition coefficient (Wildman–Crippen LogP) is 5.43. The summed E-state index contributed by atoms with van der Waals surface area (Å²) in [7, 11) is 0. The number of hydrogen-bond donors (Lipinski definition) is 1. The Bertz CT molecular complexity index is 1070. The second-order valence-electron chi connectivity index (χ2n) is 8.09. The monoisotopic (exact) mass is 476 g/mol. The average molecular weight is 477 g/mol. The predicted molar refractivity (Wildman–Crippen MR) is 138 cm³/mol. The fraction of sp³-hybridized carbons (Fsp3) is 0.259. The van der Waals surface area contributed by atoms with Crippen molar-refractivity contribution in [2.75, 3.05) is 18.1 Å².